The molecule has 0 amide bonds. The number of ether oxygens (including phenoxy) is 2. The number of anilines is 2. The van der Waals surface area contributed by atoms with Crippen LogP contribution in [-0.2, 0) is 6.54 Å². The van der Waals surface area contributed by atoms with Crippen molar-refractivity contribution in [1.29, 1.82) is 0 Å². The van der Waals surface area contributed by atoms with Crippen molar-refractivity contribution in [3.05, 3.63) is 18.5 Å². The van der Waals surface area contributed by atoms with Gasteiger partial charge in [-0.2, -0.15) is 0 Å². The lowest BCUT2D eigenvalue weighted by Crippen LogP contribution is -2.36. The van der Waals surface area contributed by atoms with E-state index in [1.54, 1.807) is 11.8 Å². The van der Waals surface area contributed by atoms with Gasteiger partial charge in [-0.1, -0.05) is 0 Å². The molecule has 0 aliphatic carbocycles. The maximum atomic E-state index is 6.12. The minimum atomic E-state index is 0.0764. The number of nitrogens with one attached hydrogen (secondary N) is 1. The van der Waals surface area contributed by atoms with E-state index in [0.717, 1.165) is 52.4 Å². The minimum Gasteiger partial charge on any atom is -0.486 e. The molecule has 0 atom stereocenters. The SMILES string of the molecule is CN(C)c1cc2c(cc1Sc1nc3c(N)ncnc3n1CCCNC(C)(C)C)OCCO2. The molecule has 32 heavy (non-hydrogen) atoms. The van der Waals surface area contributed by atoms with Gasteiger partial charge >= 0.3 is 0 Å². The van der Waals surface area contributed by atoms with Gasteiger partial charge in [0.15, 0.2) is 33.6 Å². The molecule has 0 fully saturated rings. The zero-order valence-corrected chi connectivity index (χ0v) is 20.1. The number of fused-ring (bicyclic) bond motifs is 2. The molecule has 0 radical (unpaired) electrons. The molecule has 0 saturated carbocycles. The number of hydrogen-bond donors (Lipinski definition) is 2. The topological polar surface area (TPSA) is 103 Å². The molecule has 0 spiro atoms. The van der Waals surface area contributed by atoms with Crippen LogP contribution in [-0.4, -0.2) is 58.9 Å². The summed E-state index contributed by atoms with van der Waals surface area (Å²) in [5.41, 5.74) is 8.61. The van der Waals surface area contributed by atoms with E-state index in [1.165, 1.54) is 6.33 Å². The Kier molecular flexibility index (Phi) is 6.34. The van der Waals surface area contributed by atoms with Crippen molar-refractivity contribution >= 4 is 34.4 Å². The van der Waals surface area contributed by atoms with Crippen LogP contribution in [0.3, 0.4) is 0 Å². The zero-order valence-electron chi connectivity index (χ0n) is 19.3. The maximum Gasteiger partial charge on any atom is 0.175 e. The lowest BCUT2D eigenvalue weighted by atomic mass is 10.1. The van der Waals surface area contributed by atoms with Crippen molar-refractivity contribution in [3.8, 4) is 11.5 Å². The molecule has 3 N–H and O–H groups in total. The number of aromatic nitrogens is 4. The van der Waals surface area contributed by atoms with Crippen LogP contribution in [0.4, 0.5) is 11.5 Å². The first kappa shape index (κ1) is 22.5. The van der Waals surface area contributed by atoms with Crippen molar-refractivity contribution in [2.24, 2.45) is 0 Å². The van der Waals surface area contributed by atoms with Crippen molar-refractivity contribution in [2.75, 3.05) is 44.5 Å². The molecular formula is C22H31N7O2S. The number of nitrogens with zero attached hydrogens (tertiary/aromatic N) is 5. The molecular weight excluding hydrogens is 426 g/mol. The first-order valence-corrected chi connectivity index (χ1v) is 11.5. The molecule has 1 aromatic carbocycles. The van der Waals surface area contributed by atoms with E-state index < -0.39 is 0 Å². The van der Waals surface area contributed by atoms with Crippen molar-refractivity contribution in [3.63, 3.8) is 0 Å². The molecule has 1 aliphatic heterocycles. The summed E-state index contributed by atoms with van der Waals surface area (Å²) in [5, 5.41) is 4.36. The van der Waals surface area contributed by atoms with Crippen molar-refractivity contribution in [2.45, 2.75) is 49.3 Å². The van der Waals surface area contributed by atoms with Gasteiger partial charge in [0.05, 0.1) is 5.69 Å². The smallest absolute Gasteiger partial charge is 0.175 e. The fourth-order valence-electron chi connectivity index (χ4n) is 3.50. The highest BCUT2D eigenvalue weighted by Crippen LogP contribution is 2.43. The highest BCUT2D eigenvalue weighted by molar-refractivity contribution is 7.99. The first-order chi connectivity index (χ1) is 15.2. The summed E-state index contributed by atoms with van der Waals surface area (Å²) in [4.78, 5) is 16.5. The zero-order chi connectivity index (χ0) is 22.9. The molecule has 2 aromatic heterocycles. The van der Waals surface area contributed by atoms with Crippen LogP contribution in [0, 0.1) is 0 Å². The van der Waals surface area contributed by atoms with Gasteiger partial charge in [0.2, 0.25) is 0 Å². The molecule has 1 aliphatic rings. The van der Waals surface area contributed by atoms with E-state index in [4.69, 9.17) is 20.2 Å². The molecule has 172 valence electrons. The molecule has 0 bridgehead atoms. The Morgan fingerprint density at radius 2 is 1.88 bits per heavy atom. The average molecular weight is 458 g/mol. The normalized spacial score (nSPS) is 13.5. The van der Waals surface area contributed by atoms with Gasteiger partial charge < -0.3 is 30.0 Å². The van der Waals surface area contributed by atoms with Crippen LogP contribution in [0.25, 0.3) is 11.2 Å². The van der Waals surface area contributed by atoms with Gasteiger partial charge in [-0.3, -0.25) is 0 Å². The van der Waals surface area contributed by atoms with Crippen molar-refractivity contribution < 1.29 is 9.47 Å². The van der Waals surface area contributed by atoms with E-state index in [1.807, 2.05) is 26.2 Å². The lowest BCUT2D eigenvalue weighted by molar-refractivity contribution is 0.171. The minimum absolute atomic E-state index is 0.0764. The van der Waals surface area contributed by atoms with Crippen LogP contribution in [0.2, 0.25) is 0 Å². The van der Waals surface area contributed by atoms with Gasteiger partial charge in [-0.05, 0) is 45.5 Å². The van der Waals surface area contributed by atoms with Crippen molar-refractivity contribution in [1.82, 2.24) is 24.8 Å². The number of nitrogens with two attached hydrogens (primary N) is 1. The van der Waals surface area contributed by atoms with Gasteiger partial charge in [-0.25, -0.2) is 15.0 Å². The van der Waals surface area contributed by atoms with Crippen LogP contribution < -0.4 is 25.4 Å². The number of nitrogen functional groups attached to an aromatic ring is 1. The van der Waals surface area contributed by atoms with E-state index in [9.17, 15) is 0 Å². The monoisotopic (exact) mass is 457 g/mol. The molecule has 4 rings (SSSR count). The summed E-state index contributed by atoms with van der Waals surface area (Å²) >= 11 is 1.57. The summed E-state index contributed by atoms with van der Waals surface area (Å²) in [7, 11) is 4.03. The number of imidazole rings is 1. The highest BCUT2D eigenvalue weighted by atomic mass is 32.2. The third kappa shape index (κ3) is 4.86. The highest BCUT2D eigenvalue weighted by Gasteiger charge is 2.21. The number of aryl methyl sites for hydroxylation is 1. The fraction of sp³-hybridized carbons (Fsp3) is 0.500. The van der Waals surface area contributed by atoms with E-state index in [-0.39, 0.29) is 5.54 Å². The summed E-state index contributed by atoms with van der Waals surface area (Å²) in [6.07, 6.45) is 2.43. The second-order valence-corrected chi connectivity index (χ2v) is 9.98. The third-order valence-electron chi connectivity index (χ3n) is 5.05. The number of hydrogen-bond acceptors (Lipinski definition) is 9. The third-order valence-corrected chi connectivity index (χ3v) is 6.09. The summed E-state index contributed by atoms with van der Waals surface area (Å²) in [6, 6.07) is 4.04. The van der Waals surface area contributed by atoms with Crippen LogP contribution >= 0.6 is 11.8 Å². The Hall–Kier alpha value is -2.72. The first-order valence-electron chi connectivity index (χ1n) is 10.7. The molecule has 0 unspecified atom stereocenters. The largest absolute Gasteiger partial charge is 0.486 e. The van der Waals surface area contributed by atoms with Crippen LogP contribution in [0.15, 0.2) is 28.5 Å². The Bertz CT molecular complexity index is 1110. The van der Waals surface area contributed by atoms with Gasteiger partial charge in [-0.15, -0.1) is 0 Å². The van der Waals surface area contributed by atoms with E-state index >= 15 is 0 Å². The van der Waals surface area contributed by atoms with Gasteiger partial charge in [0.1, 0.15) is 19.5 Å². The Morgan fingerprint density at radius 1 is 1.16 bits per heavy atom. The predicted octanol–water partition coefficient (Wildman–Crippen LogP) is 3.18. The number of rotatable bonds is 7. The Labute approximate surface area is 192 Å². The summed E-state index contributed by atoms with van der Waals surface area (Å²) in [6.45, 7) is 9.26. The van der Waals surface area contributed by atoms with Crippen LogP contribution in [0.1, 0.15) is 27.2 Å². The fourth-order valence-corrected chi connectivity index (χ4v) is 4.64. The van der Waals surface area contributed by atoms with E-state index in [2.05, 4.69) is 45.5 Å². The predicted molar refractivity (Wildman–Crippen MR) is 128 cm³/mol. The van der Waals surface area contributed by atoms with Crippen LogP contribution in [0.5, 0.6) is 11.5 Å². The molecule has 3 heterocycles. The summed E-state index contributed by atoms with van der Waals surface area (Å²) in [5.74, 6) is 1.90. The van der Waals surface area contributed by atoms with E-state index in [0.29, 0.717) is 24.5 Å². The van der Waals surface area contributed by atoms with Gasteiger partial charge in [0, 0.05) is 43.2 Å². The van der Waals surface area contributed by atoms with Gasteiger partial charge in [0.25, 0.3) is 0 Å². The standard InChI is InChI=1S/C22H31N7O2S/c1-22(2,3)26-7-6-8-29-20-18(19(23)24-13-25-20)27-21(29)32-17-12-16-15(30-9-10-31-16)11-14(17)28(4)5/h11-13,26H,6-10H2,1-5H3,(H2,23,24,25). The number of benzene rings is 1. The molecule has 0 saturated heterocycles. The Morgan fingerprint density at radius 3 is 2.56 bits per heavy atom. The second-order valence-electron chi connectivity index (χ2n) is 8.97. The lowest BCUT2D eigenvalue weighted by Gasteiger charge is -2.24. The quantitative estimate of drug-likeness (QED) is 0.518. The molecule has 3 aromatic rings. The second kappa shape index (κ2) is 9.03. The Balaban J connectivity index is 1.69. The maximum absolute atomic E-state index is 6.12. The summed E-state index contributed by atoms with van der Waals surface area (Å²) < 4.78 is 13.7. The average Bonchev–Trinajstić information content (AvgIpc) is 3.08. The molecule has 10 heteroatoms. The molecule has 9 nitrogen and oxygen atoms in total.